The molecule has 1 saturated heterocycles. The molecule has 0 atom stereocenters. The maximum atomic E-state index is 12.5. The van der Waals surface area contributed by atoms with Crippen molar-refractivity contribution in [3.05, 3.63) is 60.2 Å². The highest BCUT2D eigenvalue weighted by molar-refractivity contribution is 6.17. The maximum absolute atomic E-state index is 12.5. The smallest absolute Gasteiger partial charge is 0.411 e. The number of anilines is 1. The van der Waals surface area contributed by atoms with E-state index in [1.54, 1.807) is 14.0 Å². The molecule has 1 aliphatic heterocycles. The highest BCUT2D eigenvalue weighted by atomic mass is 16.6. The molecule has 34 heavy (non-hydrogen) atoms. The molecule has 4 aromatic rings. The van der Waals surface area contributed by atoms with Gasteiger partial charge in [0, 0.05) is 27.5 Å². The van der Waals surface area contributed by atoms with Crippen molar-refractivity contribution in [2.45, 2.75) is 25.9 Å². The number of hydrogen-bond acceptors (Lipinski definition) is 5. The summed E-state index contributed by atoms with van der Waals surface area (Å²) >= 11 is 0. The normalized spacial score (nSPS) is 14.3. The first-order valence-corrected chi connectivity index (χ1v) is 11.4. The number of H-pyrrole nitrogens is 1. The molecule has 174 valence electrons. The molecule has 3 aromatic carbocycles. The monoisotopic (exact) mass is 457 g/mol. The molecular formula is C27H27N3O4. The van der Waals surface area contributed by atoms with Gasteiger partial charge in [0.05, 0.1) is 12.6 Å². The number of Topliss-reactive ketones (excluding diaryl/α,β-unsaturated/α-hetero) is 1. The van der Waals surface area contributed by atoms with Crippen molar-refractivity contribution in [3.8, 4) is 16.9 Å². The second-order valence-electron chi connectivity index (χ2n) is 8.60. The first-order valence-electron chi connectivity index (χ1n) is 11.4. The van der Waals surface area contributed by atoms with E-state index in [1.807, 2.05) is 48.5 Å². The largest absolute Gasteiger partial charge is 0.497 e. The number of aromatic amines is 1. The van der Waals surface area contributed by atoms with Gasteiger partial charge in [-0.3, -0.25) is 10.1 Å². The van der Waals surface area contributed by atoms with Crippen molar-refractivity contribution in [1.82, 2.24) is 10.3 Å². The Balaban J connectivity index is 1.50. The van der Waals surface area contributed by atoms with Crippen LogP contribution in [-0.2, 0) is 4.74 Å². The van der Waals surface area contributed by atoms with Gasteiger partial charge >= 0.3 is 6.09 Å². The van der Waals surface area contributed by atoms with E-state index in [2.05, 4.69) is 21.7 Å². The Bertz CT molecular complexity index is 1390. The van der Waals surface area contributed by atoms with Crippen LogP contribution in [0, 0.1) is 0 Å². The zero-order valence-electron chi connectivity index (χ0n) is 19.2. The Kier molecular flexibility index (Phi) is 5.94. The summed E-state index contributed by atoms with van der Waals surface area (Å²) in [7, 11) is 1.64. The van der Waals surface area contributed by atoms with Gasteiger partial charge in [0.25, 0.3) is 0 Å². The van der Waals surface area contributed by atoms with Gasteiger partial charge < -0.3 is 19.8 Å². The van der Waals surface area contributed by atoms with Crippen LogP contribution in [0.15, 0.2) is 54.6 Å². The molecule has 1 amide bonds. The number of amides is 1. The molecule has 0 spiro atoms. The zero-order valence-corrected chi connectivity index (χ0v) is 19.2. The van der Waals surface area contributed by atoms with Crippen molar-refractivity contribution in [3.63, 3.8) is 0 Å². The van der Waals surface area contributed by atoms with Gasteiger partial charge in [-0.05, 0) is 80.4 Å². The fourth-order valence-corrected chi connectivity index (χ4v) is 4.54. The Hall–Kier alpha value is -3.84. The zero-order chi connectivity index (χ0) is 23.7. The van der Waals surface area contributed by atoms with E-state index >= 15 is 0 Å². The average Bonchev–Trinajstić information content (AvgIpc) is 3.21. The van der Waals surface area contributed by atoms with Crippen LogP contribution in [0.5, 0.6) is 5.75 Å². The number of rotatable bonds is 5. The Morgan fingerprint density at radius 3 is 2.56 bits per heavy atom. The third-order valence-electron chi connectivity index (χ3n) is 6.30. The van der Waals surface area contributed by atoms with Gasteiger partial charge in [0.1, 0.15) is 11.9 Å². The lowest BCUT2D eigenvalue weighted by atomic mass is 9.97. The number of ketones is 1. The predicted octanol–water partition coefficient (Wildman–Crippen LogP) is 5.50. The molecule has 1 aliphatic rings. The number of carbonyl (C=O) groups excluding carboxylic acids is 2. The summed E-state index contributed by atoms with van der Waals surface area (Å²) in [5.41, 5.74) is 4.77. The van der Waals surface area contributed by atoms with Crippen molar-refractivity contribution in [1.29, 1.82) is 0 Å². The molecule has 1 aromatic heterocycles. The van der Waals surface area contributed by atoms with E-state index in [4.69, 9.17) is 9.47 Å². The number of hydrogen-bond donors (Lipinski definition) is 3. The van der Waals surface area contributed by atoms with E-state index in [0.29, 0.717) is 11.3 Å². The summed E-state index contributed by atoms with van der Waals surface area (Å²) < 4.78 is 10.9. The van der Waals surface area contributed by atoms with Crippen molar-refractivity contribution in [2.24, 2.45) is 0 Å². The van der Waals surface area contributed by atoms with E-state index in [0.717, 1.165) is 64.6 Å². The third-order valence-corrected chi connectivity index (χ3v) is 6.30. The van der Waals surface area contributed by atoms with Gasteiger partial charge in [-0.1, -0.05) is 18.2 Å². The Morgan fingerprint density at radius 1 is 0.971 bits per heavy atom. The summed E-state index contributed by atoms with van der Waals surface area (Å²) in [5.74, 6) is 0.734. The first kappa shape index (κ1) is 22.0. The third kappa shape index (κ3) is 4.34. The van der Waals surface area contributed by atoms with E-state index < -0.39 is 6.09 Å². The quantitative estimate of drug-likeness (QED) is 0.344. The van der Waals surface area contributed by atoms with Crippen LogP contribution in [0.2, 0.25) is 0 Å². The van der Waals surface area contributed by atoms with Crippen LogP contribution < -0.4 is 15.4 Å². The number of piperidine rings is 1. The summed E-state index contributed by atoms with van der Waals surface area (Å²) in [5, 5.41) is 8.01. The highest BCUT2D eigenvalue weighted by Crippen LogP contribution is 2.35. The standard InChI is InChI=1S/C27H27N3O4/c1-16(31)23-13-18(17-4-3-5-21(12-17)33-2)14-24-22-7-6-19(15-25(22)30-26(23)24)29-27(32)34-20-8-10-28-11-9-20/h3-7,12-15,20,28,30H,8-11H2,1-2H3,(H,29,32). The average molecular weight is 458 g/mol. The molecule has 5 rings (SSSR count). The fraction of sp³-hybridized carbons (Fsp3) is 0.259. The lowest BCUT2D eigenvalue weighted by molar-refractivity contribution is 0.0908. The number of fused-ring (bicyclic) bond motifs is 3. The summed E-state index contributed by atoms with van der Waals surface area (Å²) in [6, 6.07) is 17.4. The molecule has 1 fully saturated rings. The Morgan fingerprint density at radius 2 is 1.79 bits per heavy atom. The molecule has 0 bridgehead atoms. The summed E-state index contributed by atoms with van der Waals surface area (Å²) in [4.78, 5) is 28.3. The van der Waals surface area contributed by atoms with Gasteiger partial charge in [0.15, 0.2) is 5.78 Å². The van der Waals surface area contributed by atoms with Crippen molar-refractivity contribution < 1.29 is 19.1 Å². The fourth-order valence-electron chi connectivity index (χ4n) is 4.54. The SMILES string of the molecule is COc1cccc(-c2cc(C(C)=O)c3[nH]c4cc(NC(=O)OC5CCNCC5)ccc4c3c2)c1. The van der Waals surface area contributed by atoms with Crippen LogP contribution >= 0.6 is 0 Å². The van der Waals surface area contributed by atoms with Gasteiger partial charge in [-0.25, -0.2) is 4.79 Å². The van der Waals surface area contributed by atoms with Crippen LogP contribution in [-0.4, -0.2) is 43.2 Å². The van der Waals surface area contributed by atoms with Crippen molar-refractivity contribution in [2.75, 3.05) is 25.5 Å². The van der Waals surface area contributed by atoms with E-state index in [9.17, 15) is 9.59 Å². The molecule has 0 radical (unpaired) electrons. The van der Waals surface area contributed by atoms with Gasteiger partial charge in [-0.15, -0.1) is 0 Å². The molecule has 7 nitrogen and oxygen atoms in total. The number of carbonyl (C=O) groups is 2. The summed E-state index contributed by atoms with van der Waals surface area (Å²) in [6.45, 7) is 3.28. The second-order valence-corrected chi connectivity index (χ2v) is 8.60. The molecule has 3 N–H and O–H groups in total. The van der Waals surface area contributed by atoms with Gasteiger partial charge in [0.2, 0.25) is 0 Å². The number of methoxy groups -OCH3 is 1. The molecule has 2 heterocycles. The molecule has 0 unspecified atom stereocenters. The van der Waals surface area contributed by atoms with Crippen LogP contribution in [0.4, 0.5) is 10.5 Å². The lowest BCUT2D eigenvalue weighted by Crippen LogP contribution is -2.34. The van der Waals surface area contributed by atoms with E-state index in [1.165, 1.54) is 0 Å². The maximum Gasteiger partial charge on any atom is 0.411 e. The molecule has 7 heteroatoms. The Labute approximate surface area is 197 Å². The van der Waals surface area contributed by atoms with Crippen LogP contribution in [0.25, 0.3) is 32.9 Å². The predicted molar refractivity (Wildman–Crippen MR) is 134 cm³/mol. The minimum atomic E-state index is -0.452. The number of nitrogens with one attached hydrogen (secondary N) is 3. The number of benzene rings is 3. The van der Waals surface area contributed by atoms with Crippen LogP contribution in [0.3, 0.4) is 0 Å². The van der Waals surface area contributed by atoms with Crippen molar-refractivity contribution >= 4 is 39.4 Å². The summed E-state index contributed by atoms with van der Waals surface area (Å²) in [6.07, 6.45) is 1.12. The minimum absolute atomic E-state index is 0.0230. The molecule has 0 aliphatic carbocycles. The highest BCUT2D eigenvalue weighted by Gasteiger charge is 2.18. The lowest BCUT2D eigenvalue weighted by Gasteiger charge is -2.22. The topological polar surface area (TPSA) is 92.5 Å². The molecule has 0 saturated carbocycles. The number of ether oxygens (including phenoxy) is 2. The van der Waals surface area contributed by atoms with Gasteiger partial charge in [-0.2, -0.15) is 0 Å². The number of aromatic nitrogens is 1. The van der Waals surface area contributed by atoms with Crippen LogP contribution in [0.1, 0.15) is 30.1 Å². The first-order chi connectivity index (χ1) is 16.5. The minimum Gasteiger partial charge on any atom is -0.497 e. The van der Waals surface area contributed by atoms with E-state index in [-0.39, 0.29) is 11.9 Å². The second kappa shape index (κ2) is 9.19. The molecular weight excluding hydrogens is 430 g/mol.